The number of rotatable bonds is 4. The molecule has 0 aliphatic rings. The highest BCUT2D eigenvalue weighted by Gasteiger charge is 2.14. The highest BCUT2D eigenvalue weighted by Crippen LogP contribution is 2.23. The van der Waals surface area contributed by atoms with Crippen molar-refractivity contribution in [2.75, 3.05) is 5.32 Å². The van der Waals surface area contributed by atoms with Crippen LogP contribution in [0.2, 0.25) is 0 Å². The Bertz CT molecular complexity index is 1220. The summed E-state index contributed by atoms with van der Waals surface area (Å²) in [4.78, 5) is 24.3. The molecule has 3 heterocycles. The standard InChI is InChI=1S/C18H15N7O2/c1-25-15(9-26)13(8-21-25)23-17(27)5-16-22-14-7-20-12-3-2-10(6-19)4-11(12)18(14)24-16/h2-4,7-8,26H,5,9H2,1H3,(H,22,24)(H,23,27). The van der Waals surface area contributed by atoms with Crippen LogP contribution in [0.1, 0.15) is 17.1 Å². The van der Waals surface area contributed by atoms with Gasteiger partial charge < -0.3 is 15.4 Å². The van der Waals surface area contributed by atoms with Gasteiger partial charge in [0.2, 0.25) is 5.91 Å². The zero-order valence-electron chi connectivity index (χ0n) is 14.4. The molecule has 4 aromatic rings. The number of aryl methyl sites for hydroxylation is 1. The number of nitriles is 1. The van der Waals surface area contributed by atoms with Crippen LogP contribution in [0.25, 0.3) is 21.9 Å². The van der Waals surface area contributed by atoms with Crippen molar-refractivity contribution < 1.29 is 9.90 Å². The van der Waals surface area contributed by atoms with Gasteiger partial charge in [-0.1, -0.05) is 0 Å². The maximum atomic E-state index is 12.4. The molecule has 4 rings (SSSR count). The van der Waals surface area contributed by atoms with Gasteiger partial charge in [-0.2, -0.15) is 10.4 Å². The highest BCUT2D eigenvalue weighted by molar-refractivity contribution is 6.02. The topological polar surface area (TPSA) is 133 Å². The molecule has 9 nitrogen and oxygen atoms in total. The molecule has 0 saturated carbocycles. The second kappa shape index (κ2) is 6.51. The summed E-state index contributed by atoms with van der Waals surface area (Å²) in [5, 5.41) is 26.0. The SMILES string of the molecule is Cn1ncc(NC(=O)Cc2nc3c(cnc4ccc(C#N)cc43)[nH]2)c1CO. The lowest BCUT2D eigenvalue weighted by Gasteiger charge is -2.04. The van der Waals surface area contributed by atoms with Gasteiger partial charge in [0.1, 0.15) is 5.82 Å². The number of carbonyl (C=O) groups excluding carboxylic acids is 1. The Kier molecular flexibility index (Phi) is 4.02. The van der Waals surface area contributed by atoms with Gasteiger partial charge in [-0.25, -0.2) is 4.98 Å². The van der Waals surface area contributed by atoms with Crippen molar-refractivity contribution >= 4 is 33.5 Å². The van der Waals surface area contributed by atoms with Gasteiger partial charge in [-0.15, -0.1) is 0 Å². The number of fused-ring (bicyclic) bond motifs is 3. The van der Waals surface area contributed by atoms with Gasteiger partial charge in [0.25, 0.3) is 0 Å². The number of aromatic nitrogens is 5. The fourth-order valence-electron chi connectivity index (χ4n) is 2.96. The lowest BCUT2D eigenvalue weighted by Crippen LogP contribution is -2.16. The number of nitrogens with zero attached hydrogens (tertiary/aromatic N) is 5. The van der Waals surface area contributed by atoms with E-state index in [1.807, 2.05) is 0 Å². The molecule has 0 aliphatic carbocycles. The molecule has 0 spiro atoms. The Morgan fingerprint density at radius 1 is 1.41 bits per heavy atom. The van der Waals surface area contributed by atoms with E-state index in [9.17, 15) is 9.90 Å². The van der Waals surface area contributed by atoms with E-state index in [2.05, 4.69) is 31.4 Å². The van der Waals surface area contributed by atoms with E-state index in [0.717, 1.165) is 10.9 Å². The zero-order valence-corrected chi connectivity index (χ0v) is 14.4. The Morgan fingerprint density at radius 3 is 3.04 bits per heavy atom. The fourth-order valence-corrected chi connectivity index (χ4v) is 2.96. The fraction of sp³-hybridized carbons (Fsp3) is 0.167. The van der Waals surface area contributed by atoms with Crippen LogP contribution in [0, 0.1) is 11.3 Å². The van der Waals surface area contributed by atoms with Gasteiger partial charge in [0.15, 0.2) is 0 Å². The molecule has 0 bridgehead atoms. The predicted octanol–water partition coefficient (Wildman–Crippen LogP) is 1.39. The van der Waals surface area contributed by atoms with Crippen LogP contribution in [0.3, 0.4) is 0 Å². The second-order valence-corrected chi connectivity index (χ2v) is 6.06. The average Bonchev–Trinajstić information content (AvgIpc) is 3.23. The highest BCUT2D eigenvalue weighted by atomic mass is 16.3. The minimum absolute atomic E-state index is 0.0217. The number of amides is 1. The number of carbonyl (C=O) groups is 1. The molecular formula is C18H15N7O2. The third-order valence-corrected chi connectivity index (χ3v) is 4.31. The molecule has 3 aromatic heterocycles. The molecule has 0 fully saturated rings. The van der Waals surface area contributed by atoms with Crippen LogP contribution in [-0.2, 0) is 24.9 Å². The first-order chi connectivity index (χ1) is 13.1. The number of imidazole rings is 1. The van der Waals surface area contributed by atoms with Gasteiger partial charge in [0, 0.05) is 12.4 Å². The molecule has 0 saturated heterocycles. The quantitative estimate of drug-likeness (QED) is 0.503. The molecule has 0 aliphatic heterocycles. The van der Waals surface area contributed by atoms with Crippen LogP contribution >= 0.6 is 0 Å². The minimum Gasteiger partial charge on any atom is -0.390 e. The smallest absolute Gasteiger partial charge is 0.232 e. The Balaban J connectivity index is 1.63. The summed E-state index contributed by atoms with van der Waals surface area (Å²) in [6.45, 7) is -0.227. The Hall–Kier alpha value is -3.77. The van der Waals surface area contributed by atoms with Gasteiger partial charge in [-0.3, -0.25) is 14.5 Å². The third kappa shape index (κ3) is 2.98. The molecule has 1 amide bonds. The summed E-state index contributed by atoms with van der Waals surface area (Å²) < 4.78 is 1.50. The number of aromatic amines is 1. The number of aliphatic hydroxyl groups is 1. The maximum absolute atomic E-state index is 12.4. The summed E-state index contributed by atoms with van der Waals surface area (Å²) in [6, 6.07) is 7.31. The molecule has 1 aromatic carbocycles. The van der Waals surface area contributed by atoms with Crippen LogP contribution in [0.5, 0.6) is 0 Å². The van der Waals surface area contributed by atoms with E-state index in [-0.39, 0.29) is 18.9 Å². The predicted molar refractivity (Wildman–Crippen MR) is 97.6 cm³/mol. The van der Waals surface area contributed by atoms with E-state index in [1.54, 1.807) is 31.4 Å². The van der Waals surface area contributed by atoms with Crippen LogP contribution in [-0.4, -0.2) is 35.7 Å². The molecule has 9 heteroatoms. The number of hydrogen-bond acceptors (Lipinski definition) is 6. The Morgan fingerprint density at radius 2 is 2.26 bits per heavy atom. The van der Waals surface area contributed by atoms with Crippen LogP contribution in [0.4, 0.5) is 5.69 Å². The zero-order chi connectivity index (χ0) is 19.0. The van der Waals surface area contributed by atoms with Crippen molar-refractivity contribution in [1.82, 2.24) is 24.7 Å². The largest absolute Gasteiger partial charge is 0.390 e. The first-order valence-corrected chi connectivity index (χ1v) is 8.18. The summed E-state index contributed by atoms with van der Waals surface area (Å²) in [7, 11) is 1.69. The van der Waals surface area contributed by atoms with Crippen molar-refractivity contribution in [3.8, 4) is 6.07 Å². The Labute approximate surface area is 153 Å². The van der Waals surface area contributed by atoms with Crippen molar-refractivity contribution in [3.05, 3.63) is 47.7 Å². The number of hydrogen-bond donors (Lipinski definition) is 3. The number of anilines is 1. The van der Waals surface area contributed by atoms with Crippen LogP contribution in [0.15, 0.2) is 30.6 Å². The van der Waals surface area contributed by atoms with Crippen molar-refractivity contribution in [3.63, 3.8) is 0 Å². The number of H-pyrrole nitrogens is 1. The first kappa shape index (κ1) is 16.7. The van der Waals surface area contributed by atoms with E-state index >= 15 is 0 Å². The second-order valence-electron chi connectivity index (χ2n) is 6.06. The lowest BCUT2D eigenvalue weighted by molar-refractivity contribution is -0.115. The van der Waals surface area contributed by atoms with E-state index < -0.39 is 0 Å². The number of aliphatic hydroxyl groups excluding tert-OH is 1. The molecule has 3 N–H and O–H groups in total. The first-order valence-electron chi connectivity index (χ1n) is 8.18. The number of benzene rings is 1. The van der Waals surface area contributed by atoms with Gasteiger partial charge in [-0.05, 0) is 18.2 Å². The van der Waals surface area contributed by atoms with Gasteiger partial charge >= 0.3 is 0 Å². The summed E-state index contributed by atoms with van der Waals surface area (Å²) in [5.41, 5.74) is 3.59. The molecule has 27 heavy (non-hydrogen) atoms. The van der Waals surface area contributed by atoms with E-state index in [0.29, 0.717) is 33.8 Å². The molecule has 134 valence electrons. The average molecular weight is 361 g/mol. The molecular weight excluding hydrogens is 346 g/mol. The summed E-state index contributed by atoms with van der Waals surface area (Å²) >= 11 is 0. The summed E-state index contributed by atoms with van der Waals surface area (Å²) in [6.07, 6.45) is 3.17. The summed E-state index contributed by atoms with van der Waals surface area (Å²) in [5.74, 6) is 0.195. The minimum atomic E-state index is -0.285. The number of nitrogens with one attached hydrogen (secondary N) is 2. The monoisotopic (exact) mass is 361 g/mol. The maximum Gasteiger partial charge on any atom is 0.232 e. The van der Waals surface area contributed by atoms with Crippen molar-refractivity contribution in [2.24, 2.45) is 7.05 Å². The van der Waals surface area contributed by atoms with E-state index in [1.165, 1.54) is 10.9 Å². The van der Waals surface area contributed by atoms with Crippen molar-refractivity contribution in [1.29, 1.82) is 5.26 Å². The molecule has 0 unspecified atom stereocenters. The van der Waals surface area contributed by atoms with Gasteiger partial charge in [0.05, 0.1) is 65.0 Å². The van der Waals surface area contributed by atoms with E-state index in [4.69, 9.17) is 5.26 Å². The molecule has 0 radical (unpaired) electrons. The lowest BCUT2D eigenvalue weighted by atomic mass is 10.1. The van der Waals surface area contributed by atoms with Crippen LogP contribution < -0.4 is 5.32 Å². The van der Waals surface area contributed by atoms with Crippen molar-refractivity contribution in [2.45, 2.75) is 13.0 Å². The molecule has 0 atom stereocenters. The number of pyridine rings is 1. The normalized spacial score (nSPS) is 11.0. The third-order valence-electron chi connectivity index (χ3n) is 4.31.